The monoisotopic (exact) mass is 325 g/mol. The molecule has 2 rings (SSSR count). The van der Waals surface area contributed by atoms with Crippen LogP contribution < -0.4 is 0 Å². The predicted molar refractivity (Wildman–Crippen MR) is 73.6 cm³/mol. The van der Waals surface area contributed by atoms with E-state index in [4.69, 9.17) is 9.68 Å². The van der Waals surface area contributed by atoms with Gasteiger partial charge in [-0.25, -0.2) is 0 Å². The van der Waals surface area contributed by atoms with Gasteiger partial charge in [0.15, 0.2) is 10.4 Å². The topological polar surface area (TPSA) is 60.5 Å². The molecule has 19 heavy (non-hydrogen) atoms. The summed E-state index contributed by atoms with van der Waals surface area (Å²) in [4.78, 5) is 16.2. The van der Waals surface area contributed by atoms with Gasteiger partial charge in [0.1, 0.15) is 0 Å². The maximum atomic E-state index is 12.1. The summed E-state index contributed by atoms with van der Waals surface area (Å²) in [6.07, 6.45) is 1.50. The smallest absolute Gasteiger partial charge is 0.289 e. The summed E-state index contributed by atoms with van der Waals surface area (Å²) >= 11 is 3.20. The van der Waals surface area contributed by atoms with Crippen LogP contribution in [0, 0.1) is 11.3 Å². The lowest BCUT2D eigenvalue weighted by atomic mass is 10.2. The first-order valence-electron chi connectivity index (χ1n) is 6.34. The summed E-state index contributed by atoms with van der Waals surface area (Å²) < 4.78 is 5.86. The van der Waals surface area contributed by atoms with Crippen LogP contribution in [0.2, 0.25) is 0 Å². The molecular formula is C13H16BrN3O2. The Hall–Kier alpha value is -1.32. The number of rotatable bonds is 4. The number of carbonyl (C=O) groups is 1. The molecule has 0 radical (unpaired) electrons. The van der Waals surface area contributed by atoms with E-state index >= 15 is 0 Å². The standard InChI is InChI=1S/C13H16BrN3O2/c14-12-4-3-11(19-12)13(18)17-9-7-16(8-10-17)6-2-1-5-15/h3-4H,1-2,6-10H2. The molecule has 0 aromatic carbocycles. The summed E-state index contributed by atoms with van der Waals surface area (Å²) in [5.41, 5.74) is 0. The lowest BCUT2D eigenvalue weighted by molar-refractivity contribution is 0.0604. The molecule has 1 amide bonds. The molecule has 0 N–H and O–H groups in total. The van der Waals surface area contributed by atoms with Crippen molar-refractivity contribution >= 4 is 21.8 Å². The first-order chi connectivity index (χ1) is 9.20. The number of unbranched alkanes of at least 4 members (excludes halogenated alkanes) is 1. The van der Waals surface area contributed by atoms with Crippen LogP contribution in [-0.4, -0.2) is 48.4 Å². The van der Waals surface area contributed by atoms with E-state index in [1.54, 1.807) is 12.1 Å². The average Bonchev–Trinajstić information content (AvgIpc) is 2.86. The zero-order chi connectivity index (χ0) is 13.7. The van der Waals surface area contributed by atoms with Crippen LogP contribution in [0.15, 0.2) is 21.2 Å². The van der Waals surface area contributed by atoms with Crippen molar-refractivity contribution < 1.29 is 9.21 Å². The van der Waals surface area contributed by atoms with Gasteiger partial charge in [0.25, 0.3) is 5.91 Å². The highest BCUT2D eigenvalue weighted by molar-refractivity contribution is 9.10. The van der Waals surface area contributed by atoms with E-state index in [1.807, 2.05) is 4.90 Å². The minimum atomic E-state index is -0.0534. The second kappa shape index (κ2) is 6.73. The maximum absolute atomic E-state index is 12.1. The largest absolute Gasteiger partial charge is 0.444 e. The number of piperazine rings is 1. The van der Waals surface area contributed by atoms with Crippen molar-refractivity contribution in [3.05, 3.63) is 22.6 Å². The second-order valence-electron chi connectivity index (χ2n) is 4.50. The maximum Gasteiger partial charge on any atom is 0.289 e. The molecule has 2 heterocycles. The molecule has 1 saturated heterocycles. The van der Waals surface area contributed by atoms with Crippen molar-refractivity contribution in [1.82, 2.24) is 9.80 Å². The zero-order valence-corrected chi connectivity index (χ0v) is 12.2. The highest BCUT2D eigenvalue weighted by Crippen LogP contribution is 2.16. The third kappa shape index (κ3) is 3.82. The SMILES string of the molecule is N#CCCCN1CCN(C(=O)c2ccc(Br)o2)CC1. The summed E-state index contributed by atoms with van der Waals surface area (Å²) in [5.74, 6) is 0.326. The van der Waals surface area contributed by atoms with Gasteiger partial charge in [-0.1, -0.05) is 0 Å². The molecule has 6 heteroatoms. The molecule has 102 valence electrons. The molecule has 0 saturated carbocycles. The Balaban J connectivity index is 1.80. The fourth-order valence-electron chi connectivity index (χ4n) is 2.14. The highest BCUT2D eigenvalue weighted by atomic mass is 79.9. The molecule has 1 fully saturated rings. The summed E-state index contributed by atoms with van der Waals surface area (Å²) in [6.45, 7) is 4.08. The van der Waals surface area contributed by atoms with Crippen molar-refractivity contribution in [1.29, 1.82) is 5.26 Å². The summed E-state index contributed by atoms with van der Waals surface area (Å²) in [6, 6.07) is 5.56. The lowest BCUT2D eigenvalue weighted by Gasteiger charge is -2.34. The predicted octanol–water partition coefficient (Wildman–Crippen LogP) is 2.10. The van der Waals surface area contributed by atoms with Crippen molar-refractivity contribution in [2.45, 2.75) is 12.8 Å². The quantitative estimate of drug-likeness (QED) is 0.795. The van der Waals surface area contributed by atoms with Crippen LogP contribution >= 0.6 is 15.9 Å². The van der Waals surface area contributed by atoms with E-state index in [9.17, 15) is 4.79 Å². The van der Waals surface area contributed by atoms with Crippen LogP contribution in [0.1, 0.15) is 23.4 Å². The van der Waals surface area contributed by atoms with Crippen LogP contribution in [0.4, 0.5) is 0 Å². The second-order valence-corrected chi connectivity index (χ2v) is 5.28. The number of hydrogen-bond acceptors (Lipinski definition) is 4. The first kappa shape index (κ1) is 14.1. The third-order valence-electron chi connectivity index (χ3n) is 3.21. The number of hydrogen-bond donors (Lipinski definition) is 0. The number of amides is 1. The molecule has 5 nitrogen and oxygen atoms in total. The lowest BCUT2D eigenvalue weighted by Crippen LogP contribution is -2.48. The van der Waals surface area contributed by atoms with Gasteiger partial charge in [-0.05, 0) is 41.0 Å². The third-order valence-corrected chi connectivity index (χ3v) is 3.63. The van der Waals surface area contributed by atoms with Gasteiger partial charge in [0, 0.05) is 32.6 Å². The van der Waals surface area contributed by atoms with Crippen LogP contribution in [0.3, 0.4) is 0 Å². The Morgan fingerprint density at radius 3 is 2.68 bits per heavy atom. The van der Waals surface area contributed by atoms with Crippen molar-refractivity contribution in [3.8, 4) is 6.07 Å². The Morgan fingerprint density at radius 2 is 2.11 bits per heavy atom. The minimum absolute atomic E-state index is 0.0534. The average molecular weight is 326 g/mol. The number of nitriles is 1. The minimum Gasteiger partial charge on any atom is -0.444 e. The number of halogens is 1. The van der Waals surface area contributed by atoms with Crippen molar-refractivity contribution in [2.75, 3.05) is 32.7 Å². The summed E-state index contributed by atoms with van der Waals surface area (Å²) in [7, 11) is 0. The zero-order valence-electron chi connectivity index (χ0n) is 10.6. The van der Waals surface area contributed by atoms with E-state index in [0.29, 0.717) is 29.9 Å². The van der Waals surface area contributed by atoms with E-state index in [2.05, 4.69) is 26.9 Å². The number of carbonyl (C=O) groups excluding carboxylic acids is 1. The Bertz CT molecular complexity index is 472. The number of nitrogens with zero attached hydrogens (tertiary/aromatic N) is 3. The van der Waals surface area contributed by atoms with E-state index < -0.39 is 0 Å². The molecular weight excluding hydrogens is 310 g/mol. The molecule has 0 atom stereocenters. The molecule has 1 aliphatic heterocycles. The van der Waals surface area contributed by atoms with Gasteiger partial charge in [-0.3, -0.25) is 9.69 Å². The molecule has 0 spiro atoms. The molecule has 0 aliphatic carbocycles. The molecule has 0 bridgehead atoms. The van der Waals surface area contributed by atoms with Gasteiger partial charge in [0.05, 0.1) is 6.07 Å². The molecule has 1 aromatic rings. The van der Waals surface area contributed by atoms with Crippen molar-refractivity contribution in [2.24, 2.45) is 0 Å². The van der Waals surface area contributed by atoms with Gasteiger partial charge in [0.2, 0.25) is 0 Å². The Morgan fingerprint density at radius 1 is 1.37 bits per heavy atom. The van der Waals surface area contributed by atoms with Gasteiger partial charge < -0.3 is 9.32 Å². The van der Waals surface area contributed by atoms with E-state index in [1.165, 1.54) is 0 Å². The van der Waals surface area contributed by atoms with E-state index in [-0.39, 0.29) is 5.91 Å². The normalized spacial score (nSPS) is 16.3. The Kier molecular flexibility index (Phi) is 5.00. The van der Waals surface area contributed by atoms with Crippen LogP contribution in [0.25, 0.3) is 0 Å². The van der Waals surface area contributed by atoms with Crippen LogP contribution in [-0.2, 0) is 0 Å². The number of furan rings is 1. The summed E-state index contributed by atoms with van der Waals surface area (Å²) in [5, 5.41) is 8.50. The fourth-order valence-corrected chi connectivity index (χ4v) is 2.45. The van der Waals surface area contributed by atoms with Crippen molar-refractivity contribution in [3.63, 3.8) is 0 Å². The molecule has 1 aliphatic rings. The van der Waals surface area contributed by atoms with Gasteiger partial charge in [-0.2, -0.15) is 5.26 Å². The highest BCUT2D eigenvalue weighted by Gasteiger charge is 2.23. The van der Waals surface area contributed by atoms with Crippen LogP contribution in [0.5, 0.6) is 0 Å². The first-order valence-corrected chi connectivity index (χ1v) is 7.14. The molecule has 0 unspecified atom stereocenters. The van der Waals surface area contributed by atoms with Gasteiger partial charge in [-0.15, -0.1) is 0 Å². The molecule has 1 aromatic heterocycles. The van der Waals surface area contributed by atoms with Gasteiger partial charge >= 0.3 is 0 Å². The Labute approximate surface area is 120 Å². The fraction of sp³-hybridized carbons (Fsp3) is 0.538. The van der Waals surface area contributed by atoms with E-state index in [0.717, 1.165) is 26.1 Å².